The Kier molecular flexibility index (Phi) is 4.67. The Hall–Kier alpha value is -0.300. The molecule has 0 aliphatic heterocycles. The minimum atomic E-state index is 0.304. The second kappa shape index (κ2) is 4.85. The predicted octanol–water partition coefficient (Wildman–Crippen LogP) is 1.58. The highest BCUT2D eigenvalue weighted by molar-refractivity contribution is 4.74. The standard InChI is InChI=1S/C7H14O/c1-3-7(2)5-4-6-8/h3,7-8H,1,4-6H2,2H3/t7-/m1/s1. The Labute approximate surface area is 51.0 Å². The lowest BCUT2D eigenvalue weighted by atomic mass is 10.1. The highest BCUT2D eigenvalue weighted by Gasteiger charge is 1.92. The summed E-state index contributed by atoms with van der Waals surface area (Å²) in [5.41, 5.74) is 0. The molecule has 8 heavy (non-hydrogen) atoms. The lowest BCUT2D eigenvalue weighted by Crippen LogP contribution is -1.90. The molecule has 0 amide bonds. The number of aliphatic hydroxyl groups is 1. The minimum Gasteiger partial charge on any atom is -0.396 e. The van der Waals surface area contributed by atoms with Gasteiger partial charge in [0.05, 0.1) is 0 Å². The summed E-state index contributed by atoms with van der Waals surface area (Å²) in [6.07, 6.45) is 3.86. The first kappa shape index (κ1) is 7.70. The van der Waals surface area contributed by atoms with E-state index in [-0.39, 0.29) is 0 Å². The van der Waals surface area contributed by atoms with Gasteiger partial charge >= 0.3 is 0 Å². The average molecular weight is 114 g/mol. The summed E-state index contributed by atoms with van der Waals surface area (Å²) < 4.78 is 0. The molecule has 0 heterocycles. The second-order valence-electron chi connectivity index (χ2n) is 2.08. The van der Waals surface area contributed by atoms with Crippen molar-refractivity contribution in [3.05, 3.63) is 12.7 Å². The van der Waals surface area contributed by atoms with Crippen molar-refractivity contribution in [3.63, 3.8) is 0 Å². The summed E-state index contributed by atoms with van der Waals surface area (Å²) in [7, 11) is 0. The molecule has 1 nitrogen and oxygen atoms in total. The van der Waals surface area contributed by atoms with Crippen LogP contribution in [0.3, 0.4) is 0 Å². The Bertz CT molecular complexity index is 59.4. The zero-order chi connectivity index (χ0) is 6.41. The van der Waals surface area contributed by atoms with E-state index in [1.807, 2.05) is 6.08 Å². The molecule has 0 aromatic heterocycles. The molecule has 0 aliphatic carbocycles. The molecule has 48 valence electrons. The van der Waals surface area contributed by atoms with Gasteiger partial charge in [-0.3, -0.25) is 0 Å². The van der Waals surface area contributed by atoms with Crippen LogP contribution in [0.1, 0.15) is 19.8 Å². The van der Waals surface area contributed by atoms with Gasteiger partial charge < -0.3 is 5.11 Å². The van der Waals surface area contributed by atoms with Gasteiger partial charge in [-0.25, -0.2) is 0 Å². The average Bonchev–Trinajstić information content (AvgIpc) is 1.83. The van der Waals surface area contributed by atoms with Crippen LogP contribution in [0.2, 0.25) is 0 Å². The SMILES string of the molecule is C=C[C@@H](C)CCCO. The van der Waals surface area contributed by atoms with E-state index < -0.39 is 0 Å². The summed E-state index contributed by atoms with van der Waals surface area (Å²) in [6.45, 7) is 6.04. The number of hydrogen-bond acceptors (Lipinski definition) is 1. The first-order valence-corrected chi connectivity index (χ1v) is 3.04. The quantitative estimate of drug-likeness (QED) is 0.550. The van der Waals surface area contributed by atoms with Crippen molar-refractivity contribution >= 4 is 0 Å². The molecule has 0 unspecified atom stereocenters. The van der Waals surface area contributed by atoms with Crippen molar-refractivity contribution in [1.29, 1.82) is 0 Å². The lowest BCUT2D eigenvalue weighted by Gasteiger charge is -2.00. The maximum Gasteiger partial charge on any atom is 0.0431 e. The molecule has 0 saturated heterocycles. The van der Waals surface area contributed by atoms with Crippen LogP contribution in [0.25, 0.3) is 0 Å². The van der Waals surface area contributed by atoms with Crippen LogP contribution in [0.4, 0.5) is 0 Å². The smallest absolute Gasteiger partial charge is 0.0431 e. The topological polar surface area (TPSA) is 20.2 Å². The third kappa shape index (κ3) is 3.88. The molecule has 0 aromatic rings. The zero-order valence-electron chi connectivity index (χ0n) is 5.43. The van der Waals surface area contributed by atoms with Crippen molar-refractivity contribution in [1.82, 2.24) is 0 Å². The molecule has 0 radical (unpaired) electrons. The van der Waals surface area contributed by atoms with Gasteiger partial charge in [-0.15, -0.1) is 6.58 Å². The molecule has 0 saturated carbocycles. The minimum absolute atomic E-state index is 0.304. The van der Waals surface area contributed by atoms with Crippen molar-refractivity contribution < 1.29 is 5.11 Å². The van der Waals surface area contributed by atoms with Crippen molar-refractivity contribution in [2.24, 2.45) is 5.92 Å². The molecule has 1 N–H and O–H groups in total. The lowest BCUT2D eigenvalue weighted by molar-refractivity contribution is 0.279. The van der Waals surface area contributed by atoms with Gasteiger partial charge in [0.15, 0.2) is 0 Å². The molecule has 0 aliphatic rings. The normalized spacial score (nSPS) is 13.2. The maximum atomic E-state index is 8.38. The fourth-order valence-corrected chi connectivity index (χ4v) is 0.531. The summed E-state index contributed by atoms with van der Waals surface area (Å²) in [6, 6.07) is 0. The van der Waals surface area contributed by atoms with Gasteiger partial charge in [0.25, 0.3) is 0 Å². The van der Waals surface area contributed by atoms with Gasteiger partial charge in [0, 0.05) is 6.61 Å². The van der Waals surface area contributed by atoms with E-state index in [1.54, 1.807) is 0 Å². The summed E-state index contributed by atoms with van der Waals surface area (Å²) in [5, 5.41) is 8.38. The van der Waals surface area contributed by atoms with E-state index >= 15 is 0 Å². The second-order valence-corrected chi connectivity index (χ2v) is 2.08. The molecule has 1 atom stereocenters. The zero-order valence-corrected chi connectivity index (χ0v) is 5.43. The predicted molar refractivity (Wildman–Crippen MR) is 35.7 cm³/mol. The van der Waals surface area contributed by atoms with Crippen LogP contribution >= 0.6 is 0 Å². The molecule has 0 spiro atoms. The monoisotopic (exact) mass is 114 g/mol. The van der Waals surface area contributed by atoms with Crippen LogP contribution in [-0.2, 0) is 0 Å². The van der Waals surface area contributed by atoms with Crippen LogP contribution in [0.15, 0.2) is 12.7 Å². The summed E-state index contributed by atoms with van der Waals surface area (Å²) in [4.78, 5) is 0. The molecule has 1 heteroatoms. The fraction of sp³-hybridized carbons (Fsp3) is 0.714. The van der Waals surface area contributed by atoms with Crippen LogP contribution in [0.5, 0.6) is 0 Å². The maximum absolute atomic E-state index is 8.38. The number of allylic oxidation sites excluding steroid dienone is 1. The van der Waals surface area contributed by atoms with Crippen LogP contribution in [-0.4, -0.2) is 11.7 Å². The largest absolute Gasteiger partial charge is 0.396 e. The third-order valence-corrected chi connectivity index (χ3v) is 1.22. The van der Waals surface area contributed by atoms with E-state index in [1.165, 1.54) is 0 Å². The number of hydrogen-bond donors (Lipinski definition) is 1. The molecule has 0 aromatic carbocycles. The highest BCUT2D eigenvalue weighted by Crippen LogP contribution is 2.03. The molecular weight excluding hydrogens is 100 g/mol. The van der Waals surface area contributed by atoms with E-state index in [0.29, 0.717) is 12.5 Å². The Morgan fingerprint density at radius 2 is 2.38 bits per heavy atom. The Morgan fingerprint density at radius 1 is 1.75 bits per heavy atom. The summed E-state index contributed by atoms with van der Waals surface area (Å²) >= 11 is 0. The first-order chi connectivity index (χ1) is 3.81. The van der Waals surface area contributed by atoms with E-state index in [0.717, 1.165) is 12.8 Å². The van der Waals surface area contributed by atoms with Crippen molar-refractivity contribution in [3.8, 4) is 0 Å². The highest BCUT2D eigenvalue weighted by atomic mass is 16.2. The van der Waals surface area contributed by atoms with E-state index in [4.69, 9.17) is 5.11 Å². The van der Waals surface area contributed by atoms with Gasteiger partial charge in [0.1, 0.15) is 0 Å². The fourth-order valence-electron chi connectivity index (χ4n) is 0.531. The van der Waals surface area contributed by atoms with Gasteiger partial charge in [0.2, 0.25) is 0 Å². The Morgan fingerprint density at radius 3 is 2.75 bits per heavy atom. The van der Waals surface area contributed by atoms with E-state index in [2.05, 4.69) is 13.5 Å². The van der Waals surface area contributed by atoms with Crippen molar-refractivity contribution in [2.75, 3.05) is 6.61 Å². The van der Waals surface area contributed by atoms with Gasteiger partial charge in [-0.05, 0) is 18.8 Å². The van der Waals surface area contributed by atoms with Gasteiger partial charge in [-0.2, -0.15) is 0 Å². The van der Waals surface area contributed by atoms with Crippen LogP contribution < -0.4 is 0 Å². The molecule has 0 fully saturated rings. The van der Waals surface area contributed by atoms with Crippen LogP contribution in [0, 0.1) is 5.92 Å². The number of aliphatic hydroxyl groups excluding tert-OH is 1. The third-order valence-electron chi connectivity index (χ3n) is 1.22. The molecular formula is C7H14O. The number of rotatable bonds is 4. The van der Waals surface area contributed by atoms with Crippen molar-refractivity contribution in [2.45, 2.75) is 19.8 Å². The Balaban J connectivity index is 2.98. The van der Waals surface area contributed by atoms with E-state index in [9.17, 15) is 0 Å². The summed E-state index contributed by atoms with van der Waals surface area (Å²) in [5.74, 6) is 0.558. The van der Waals surface area contributed by atoms with Gasteiger partial charge in [-0.1, -0.05) is 13.0 Å². The first-order valence-electron chi connectivity index (χ1n) is 3.04. The molecule has 0 bridgehead atoms. The molecule has 0 rings (SSSR count).